The minimum Gasteiger partial charge on any atom is -0.481 e. The molecule has 1 fully saturated rings. The van der Waals surface area contributed by atoms with Crippen LogP contribution in [-0.4, -0.2) is 23.8 Å². The Morgan fingerprint density at radius 1 is 1.64 bits per heavy atom. The molecule has 1 aliphatic rings. The average Bonchev–Trinajstić information content (AvgIpc) is 2.36. The number of rotatable bonds is 3. The number of hydrogen-bond acceptors (Lipinski definition) is 2. The van der Waals surface area contributed by atoms with E-state index in [4.69, 9.17) is 9.84 Å². The highest BCUT2D eigenvalue weighted by atomic mass is 16.5. The first-order chi connectivity index (χ1) is 5.25. The van der Waals surface area contributed by atoms with Gasteiger partial charge in [-0.05, 0) is 26.2 Å². The third kappa shape index (κ3) is 1.93. The van der Waals surface area contributed by atoms with E-state index < -0.39 is 5.97 Å². The first-order valence-electron chi connectivity index (χ1n) is 4.10. The molecule has 2 atom stereocenters. The zero-order valence-corrected chi connectivity index (χ0v) is 6.75. The summed E-state index contributed by atoms with van der Waals surface area (Å²) < 4.78 is 5.30. The third-order valence-electron chi connectivity index (χ3n) is 2.15. The van der Waals surface area contributed by atoms with Crippen LogP contribution in [0.4, 0.5) is 0 Å². The number of hydrogen-bond donors (Lipinski definition) is 1. The summed E-state index contributed by atoms with van der Waals surface area (Å²) in [6, 6.07) is 0. The van der Waals surface area contributed by atoms with Gasteiger partial charge in [-0.2, -0.15) is 0 Å². The Bertz CT molecular complexity index is 144. The average molecular weight is 158 g/mol. The molecule has 3 heteroatoms. The van der Waals surface area contributed by atoms with Crippen LogP contribution in [-0.2, 0) is 9.53 Å². The predicted molar refractivity (Wildman–Crippen MR) is 40.4 cm³/mol. The molecule has 1 rings (SSSR count). The van der Waals surface area contributed by atoms with Gasteiger partial charge < -0.3 is 9.84 Å². The molecule has 0 aromatic rings. The van der Waals surface area contributed by atoms with Crippen molar-refractivity contribution in [3.8, 4) is 0 Å². The summed E-state index contributed by atoms with van der Waals surface area (Å²) in [7, 11) is 0. The quantitative estimate of drug-likeness (QED) is 0.673. The number of ether oxygens (including phenoxy) is 1. The second-order valence-corrected chi connectivity index (χ2v) is 2.87. The van der Waals surface area contributed by atoms with Crippen molar-refractivity contribution in [2.75, 3.05) is 6.61 Å². The minimum absolute atomic E-state index is 0.0301. The first-order valence-corrected chi connectivity index (χ1v) is 4.10. The van der Waals surface area contributed by atoms with Crippen LogP contribution >= 0.6 is 0 Å². The van der Waals surface area contributed by atoms with E-state index in [0.29, 0.717) is 6.61 Å². The first kappa shape index (κ1) is 8.53. The standard InChI is InChI=1S/C8H14O3/c1-2-11-7-5-3-4-6(7)8(9)10/h6-7H,2-5H2,1H3,(H,9,10). The molecule has 3 nitrogen and oxygen atoms in total. The molecule has 11 heavy (non-hydrogen) atoms. The number of carboxylic acid groups (broad SMARTS) is 1. The molecule has 0 aromatic heterocycles. The van der Waals surface area contributed by atoms with E-state index in [1.54, 1.807) is 0 Å². The fourth-order valence-corrected chi connectivity index (χ4v) is 1.62. The van der Waals surface area contributed by atoms with Gasteiger partial charge in [-0.1, -0.05) is 0 Å². The predicted octanol–water partition coefficient (Wildman–Crippen LogP) is 1.28. The Kier molecular flexibility index (Phi) is 2.88. The maximum Gasteiger partial charge on any atom is 0.309 e. The van der Waals surface area contributed by atoms with E-state index in [2.05, 4.69) is 0 Å². The smallest absolute Gasteiger partial charge is 0.309 e. The lowest BCUT2D eigenvalue weighted by Crippen LogP contribution is -2.25. The SMILES string of the molecule is CCOC1CCCC1C(=O)O. The molecule has 0 amide bonds. The van der Waals surface area contributed by atoms with Crippen LogP contribution in [0, 0.1) is 5.92 Å². The van der Waals surface area contributed by atoms with Gasteiger partial charge in [0.25, 0.3) is 0 Å². The van der Waals surface area contributed by atoms with Gasteiger partial charge >= 0.3 is 5.97 Å². The Balaban J connectivity index is 2.44. The molecule has 2 unspecified atom stereocenters. The summed E-state index contributed by atoms with van der Waals surface area (Å²) in [6.45, 7) is 2.52. The van der Waals surface area contributed by atoms with Crippen molar-refractivity contribution in [2.45, 2.75) is 32.3 Å². The molecule has 0 spiro atoms. The highest BCUT2D eigenvalue weighted by Crippen LogP contribution is 2.28. The van der Waals surface area contributed by atoms with Gasteiger partial charge in [-0.15, -0.1) is 0 Å². The van der Waals surface area contributed by atoms with E-state index >= 15 is 0 Å². The topological polar surface area (TPSA) is 46.5 Å². The highest BCUT2D eigenvalue weighted by molar-refractivity contribution is 5.71. The maximum absolute atomic E-state index is 10.6. The number of carbonyl (C=O) groups is 1. The van der Waals surface area contributed by atoms with Crippen LogP contribution in [0.3, 0.4) is 0 Å². The minimum atomic E-state index is -0.707. The van der Waals surface area contributed by atoms with Gasteiger partial charge in [-0.25, -0.2) is 0 Å². The second-order valence-electron chi connectivity index (χ2n) is 2.87. The third-order valence-corrected chi connectivity index (χ3v) is 2.15. The lowest BCUT2D eigenvalue weighted by Gasteiger charge is -2.14. The Labute approximate surface area is 66.4 Å². The molecular weight excluding hydrogens is 144 g/mol. The van der Waals surface area contributed by atoms with Gasteiger partial charge in [0.15, 0.2) is 0 Å². The second kappa shape index (κ2) is 3.72. The van der Waals surface area contributed by atoms with Crippen molar-refractivity contribution in [1.82, 2.24) is 0 Å². The summed E-state index contributed by atoms with van der Waals surface area (Å²) in [5, 5.41) is 8.73. The molecule has 64 valence electrons. The zero-order valence-electron chi connectivity index (χ0n) is 6.75. The van der Waals surface area contributed by atoms with Crippen molar-refractivity contribution in [3.63, 3.8) is 0 Å². The molecule has 0 bridgehead atoms. The molecule has 1 N–H and O–H groups in total. The van der Waals surface area contributed by atoms with E-state index in [-0.39, 0.29) is 12.0 Å². The monoisotopic (exact) mass is 158 g/mol. The van der Waals surface area contributed by atoms with Crippen molar-refractivity contribution < 1.29 is 14.6 Å². The van der Waals surface area contributed by atoms with Crippen LogP contribution in [0.15, 0.2) is 0 Å². The summed E-state index contributed by atoms with van der Waals surface area (Å²) in [6.07, 6.45) is 2.64. The zero-order chi connectivity index (χ0) is 8.27. The summed E-state index contributed by atoms with van der Waals surface area (Å²) in [5.74, 6) is -0.962. The van der Waals surface area contributed by atoms with E-state index in [1.165, 1.54) is 0 Å². The molecule has 0 aliphatic heterocycles. The fourth-order valence-electron chi connectivity index (χ4n) is 1.62. The molecule has 0 aromatic carbocycles. The Morgan fingerprint density at radius 2 is 2.36 bits per heavy atom. The van der Waals surface area contributed by atoms with Crippen LogP contribution in [0.2, 0.25) is 0 Å². The van der Waals surface area contributed by atoms with E-state index in [1.807, 2.05) is 6.92 Å². The summed E-state index contributed by atoms with van der Waals surface area (Å²) in [5.41, 5.74) is 0. The molecule has 0 radical (unpaired) electrons. The largest absolute Gasteiger partial charge is 0.481 e. The lowest BCUT2D eigenvalue weighted by atomic mass is 10.1. The summed E-state index contributed by atoms with van der Waals surface area (Å²) in [4.78, 5) is 10.6. The van der Waals surface area contributed by atoms with Crippen molar-refractivity contribution in [3.05, 3.63) is 0 Å². The van der Waals surface area contributed by atoms with Crippen LogP contribution in [0.5, 0.6) is 0 Å². The molecule has 1 aliphatic carbocycles. The molecule has 0 heterocycles. The molecular formula is C8H14O3. The Hall–Kier alpha value is -0.570. The fraction of sp³-hybridized carbons (Fsp3) is 0.875. The lowest BCUT2D eigenvalue weighted by molar-refractivity contribution is -0.145. The summed E-state index contributed by atoms with van der Waals surface area (Å²) >= 11 is 0. The normalized spacial score (nSPS) is 30.6. The van der Waals surface area contributed by atoms with Gasteiger partial charge in [0, 0.05) is 6.61 Å². The van der Waals surface area contributed by atoms with Crippen molar-refractivity contribution >= 4 is 5.97 Å². The number of aliphatic carboxylic acids is 1. The molecule has 1 saturated carbocycles. The maximum atomic E-state index is 10.6. The van der Waals surface area contributed by atoms with Crippen molar-refractivity contribution in [1.29, 1.82) is 0 Å². The van der Waals surface area contributed by atoms with Crippen LogP contribution in [0.1, 0.15) is 26.2 Å². The Morgan fingerprint density at radius 3 is 2.91 bits per heavy atom. The van der Waals surface area contributed by atoms with Gasteiger partial charge in [-0.3, -0.25) is 4.79 Å². The van der Waals surface area contributed by atoms with Gasteiger partial charge in [0.2, 0.25) is 0 Å². The molecule has 0 saturated heterocycles. The van der Waals surface area contributed by atoms with Crippen LogP contribution < -0.4 is 0 Å². The van der Waals surface area contributed by atoms with E-state index in [0.717, 1.165) is 19.3 Å². The van der Waals surface area contributed by atoms with Crippen molar-refractivity contribution in [2.24, 2.45) is 5.92 Å². The van der Waals surface area contributed by atoms with Crippen LogP contribution in [0.25, 0.3) is 0 Å². The van der Waals surface area contributed by atoms with Gasteiger partial charge in [0.1, 0.15) is 0 Å². The highest BCUT2D eigenvalue weighted by Gasteiger charge is 2.33. The number of carboxylic acids is 1. The van der Waals surface area contributed by atoms with E-state index in [9.17, 15) is 4.79 Å². The van der Waals surface area contributed by atoms with Gasteiger partial charge in [0.05, 0.1) is 12.0 Å².